The van der Waals surface area contributed by atoms with Gasteiger partial charge in [0.2, 0.25) is 0 Å². The summed E-state index contributed by atoms with van der Waals surface area (Å²) in [4.78, 5) is 3.08. The largest absolute Gasteiger partial charge is 0.307 e. The van der Waals surface area contributed by atoms with Crippen LogP contribution in [0, 0.1) is 0 Å². The van der Waals surface area contributed by atoms with Crippen molar-refractivity contribution < 1.29 is 4.21 Å². The molecule has 1 aliphatic rings. The van der Waals surface area contributed by atoms with E-state index in [1.807, 2.05) is 11.3 Å². The summed E-state index contributed by atoms with van der Waals surface area (Å²) >= 11 is 1.99. The topological polar surface area (TPSA) is 29.1 Å². The number of fused-ring (bicyclic) bond motifs is 1. The SMILES string of the molecule is CC(CCS(C)=O)NC(C)c1cc2c(s1)CCCC2. The minimum atomic E-state index is -0.677. The molecule has 0 amide bonds. The summed E-state index contributed by atoms with van der Waals surface area (Å²) in [5.74, 6) is 0.793. The molecular weight excluding hydrogens is 274 g/mol. The van der Waals surface area contributed by atoms with Gasteiger partial charge in [0.05, 0.1) is 0 Å². The number of hydrogen-bond acceptors (Lipinski definition) is 3. The second-order valence-electron chi connectivity index (χ2n) is 5.66. The molecule has 2 nitrogen and oxygen atoms in total. The lowest BCUT2D eigenvalue weighted by Crippen LogP contribution is -2.29. The molecule has 1 aromatic heterocycles. The smallest absolute Gasteiger partial charge is 0.0388 e. The van der Waals surface area contributed by atoms with Crippen molar-refractivity contribution >= 4 is 22.1 Å². The van der Waals surface area contributed by atoms with Gasteiger partial charge in [0.15, 0.2) is 0 Å². The average molecular weight is 300 g/mol. The molecule has 0 radical (unpaired) electrons. The first-order chi connectivity index (χ1) is 9.06. The molecule has 2 rings (SSSR count). The lowest BCUT2D eigenvalue weighted by Gasteiger charge is -2.18. The van der Waals surface area contributed by atoms with E-state index in [-0.39, 0.29) is 0 Å². The fraction of sp³-hybridized carbons (Fsp3) is 0.733. The normalized spacial score (nSPS) is 19.7. The van der Waals surface area contributed by atoms with Crippen molar-refractivity contribution in [1.82, 2.24) is 5.32 Å². The molecule has 1 heterocycles. The highest BCUT2D eigenvalue weighted by molar-refractivity contribution is 7.84. The van der Waals surface area contributed by atoms with Gasteiger partial charge in [-0.25, -0.2) is 0 Å². The number of hydrogen-bond donors (Lipinski definition) is 1. The molecule has 4 heteroatoms. The van der Waals surface area contributed by atoms with Crippen molar-refractivity contribution in [3.63, 3.8) is 0 Å². The standard InChI is InChI=1S/C15H25NOS2/c1-11(8-9-19(3)17)16-12(2)15-10-13-6-4-5-7-14(13)18-15/h10-12,16H,4-9H2,1-3H3. The summed E-state index contributed by atoms with van der Waals surface area (Å²) in [6.07, 6.45) is 8.01. The van der Waals surface area contributed by atoms with Gasteiger partial charge in [-0.3, -0.25) is 4.21 Å². The molecule has 3 unspecified atom stereocenters. The van der Waals surface area contributed by atoms with E-state index in [1.165, 1.54) is 30.6 Å². The van der Waals surface area contributed by atoms with Gasteiger partial charge in [0.25, 0.3) is 0 Å². The van der Waals surface area contributed by atoms with Crippen molar-refractivity contribution in [3.8, 4) is 0 Å². The Kier molecular flexibility index (Phi) is 5.60. The Labute approximate surface area is 123 Å². The molecule has 0 saturated carbocycles. The van der Waals surface area contributed by atoms with Crippen LogP contribution in [-0.4, -0.2) is 22.3 Å². The van der Waals surface area contributed by atoms with Gasteiger partial charge in [-0.2, -0.15) is 0 Å². The highest BCUT2D eigenvalue weighted by atomic mass is 32.2. The third-order valence-corrected chi connectivity index (χ3v) is 6.05. The van der Waals surface area contributed by atoms with E-state index in [2.05, 4.69) is 25.2 Å². The molecule has 1 aromatic rings. The second kappa shape index (κ2) is 7.00. The first-order valence-electron chi connectivity index (χ1n) is 7.24. The zero-order valence-electron chi connectivity index (χ0n) is 12.2. The minimum Gasteiger partial charge on any atom is -0.307 e. The summed E-state index contributed by atoms with van der Waals surface area (Å²) in [7, 11) is -0.677. The van der Waals surface area contributed by atoms with Crippen LogP contribution < -0.4 is 5.32 Å². The third-order valence-electron chi connectivity index (χ3n) is 3.82. The quantitative estimate of drug-likeness (QED) is 0.872. The maximum absolute atomic E-state index is 11.1. The Hall–Kier alpha value is -0.190. The zero-order valence-corrected chi connectivity index (χ0v) is 13.8. The summed E-state index contributed by atoms with van der Waals surface area (Å²) in [6, 6.07) is 3.25. The Morgan fingerprint density at radius 1 is 1.37 bits per heavy atom. The van der Waals surface area contributed by atoms with E-state index >= 15 is 0 Å². The summed E-state index contributed by atoms with van der Waals surface area (Å²) in [5.41, 5.74) is 1.59. The van der Waals surface area contributed by atoms with E-state index in [1.54, 1.807) is 16.7 Å². The average Bonchev–Trinajstić information content (AvgIpc) is 2.80. The molecule has 1 aliphatic carbocycles. The van der Waals surface area contributed by atoms with Crippen molar-refractivity contribution in [2.24, 2.45) is 0 Å². The van der Waals surface area contributed by atoms with Crippen LogP contribution in [0.1, 0.15) is 54.5 Å². The van der Waals surface area contributed by atoms with Crippen molar-refractivity contribution in [3.05, 3.63) is 21.4 Å². The Morgan fingerprint density at radius 2 is 2.11 bits per heavy atom. The first-order valence-corrected chi connectivity index (χ1v) is 9.78. The van der Waals surface area contributed by atoms with Gasteiger partial charge < -0.3 is 5.32 Å². The van der Waals surface area contributed by atoms with Gasteiger partial charge in [0.1, 0.15) is 0 Å². The number of thiophene rings is 1. The van der Waals surface area contributed by atoms with Crippen molar-refractivity contribution in [1.29, 1.82) is 0 Å². The molecule has 108 valence electrons. The van der Waals surface area contributed by atoms with Crippen LogP contribution in [-0.2, 0) is 23.6 Å². The summed E-state index contributed by atoms with van der Waals surface area (Å²) < 4.78 is 11.1. The fourth-order valence-electron chi connectivity index (χ4n) is 2.66. The van der Waals surface area contributed by atoms with Gasteiger partial charge in [-0.1, -0.05) is 0 Å². The van der Waals surface area contributed by atoms with Gasteiger partial charge in [-0.05, 0) is 57.6 Å². The third kappa shape index (κ3) is 4.40. The van der Waals surface area contributed by atoms with Gasteiger partial charge >= 0.3 is 0 Å². The fourth-order valence-corrected chi connectivity index (χ4v) is 4.62. The van der Waals surface area contributed by atoms with E-state index in [4.69, 9.17) is 0 Å². The molecule has 0 spiro atoms. The summed E-state index contributed by atoms with van der Waals surface area (Å²) in [5, 5.41) is 3.64. The molecule has 0 saturated heterocycles. The second-order valence-corrected chi connectivity index (χ2v) is 8.38. The monoisotopic (exact) mass is 299 g/mol. The molecule has 0 aliphatic heterocycles. The number of aryl methyl sites for hydroxylation is 2. The highest BCUT2D eigenvalue weighted by Crippen LogP contribution is 2.32. The molecule has 0 fully saturated rings. The van der Waals surface area contributed by atoms with Gasteiger partial charge in [0, 0.05) is 44.6 Å². The Morgan fingerprint density at radius 3 is 2.79 bits per heavy atom. The molecule has 1 N–H and O–H groups in total. The van der Waals surface area contributed by atoms with Crippen LogP contribution >= 0.6 is 11.3 Å². The highest BCUT2D eigenvalue weighted by Gasteiger charge is 2.17. The maximum atomic E-state index is 11.1. The van der Waals surface area contributed by atoms with Crippen LogP contribution in [0.2, 0.25) is 0 Å². The van der Waals surface area contributed by atoms with E-state index in [9.17, 15) is 4.21 Å². The van der Waals surface area contributed by atoms with Crippen LogP contribution in [0.5, 0.6) is 0 Å². The van der Waals surface area contributed by atoms with Crippen molar-refractivity contribution in [2.75, 3.05) is 12.0 Å². The van der Waals surface area contributed by atoms with Gasteiger partial charge in [-0.15, -0.1) is 11.3 Å². The predicted molar refractivity (Wildman–Crippen MR) is 85.5 cm³/mol. The number of nitrogens with one attached hydrogen (secondary N) is 1. The van der Waals surface area contributed by atoms with Crippen LogP contribution in [0.4, 0.5) is 0 Å². The lowest BCUT2D eigenvalue weighted by atomic mass is 9.99. The number of rotatable bonds is 6. The molecule has 19 heavy (non-hydrogen) atoms. The molecule has 3 atom stereocenters. The van der Waals surface area contributed by atoms with E-state index < -0.39 is 10.8 Å². The van der Waals surface area contributed by atoms with Crippen LogP contribution in [0.25, 0.3) is 0 Å². The zero-order chi connectivity index (χ0) is 13.8. The minimum absolute atomic E-state index is 0.413. The lowest BCUT2D eigenvalue weighted by molar-refractivity contribution is 0.475. The first kappa shape index (κ1) is 15.2. The molecule has 0 aromatic carbocycles. The summed E-state index contributed by atoms with van der Waals surface area (Å²) in [6.45, 7) is 4.44. The molecule has 0 bridgehead atoms. The molecular formula is C15H25NOS2. The maximum Gasteiger partial charge on any atom is 0.0388 e. The van der Waals surface area contributed by atoms with E-state index in [0.29, 0.717) is 12.1 Å². The van der Waals surface area contributed by atoms with Crippen molar-refractivity contribution in [2.45, 2.75) is 58.0 Å². The van der Waals surface area contributed by atoms with E-state index in [0.717, 1.165) is 12.2 Å². The Balaban J connectivity index is 1.90. The van der Waals surface area contributed by atoms with Crippen LogP contribution in [0.15, 0.2) is 6.07 Å². The predicted octanol–water partition coefficient (Wildman–Crippen LogP) is 3.43. The Bertz CT molecular complexity index is 418. The van der Waals surface area contributed by atoms with Crippen LogP contribution in [0.3, 0.4) is 0 Å².